The standard InChI is InChI=1S/C16H30N2O/c1-13(2)16(19)12-17-8-6-15(7-9-17)18-10-4-14(3)5-11-18/h13-15H,4-12H2,1-3H3. The Morgan fingerprint density at radius 1 is 1.05 bits per heavy atom. The third-order valence-corrected chi connectivity index (χ3v) is 4.92. The van der Waals surface area contributed by atoms with Crippen LogP contribution in [0.3, 0.4) is 0 Å². The van der Waals surface area contributed by atoms with Crippen LogP contribution in [0, 0.1) is 11.8 Å². The van der Waals surface area contributed by atoms with Crippen LogP contribution < -0.4 is 0 Å². The molecule has 2 aliphatic rings. The van der Waals surface area contributed by atoms with E-state index in [0.29, 0.717) is 12.3 Å². The molecule has 2 saturated heterocycles. The van der Waals surface area contributed by atoms with Gasteiger partial charge in [-0.25, -0.2) is 0 Å². The van der Waals surface area contributed by atoms with Crippen LogP contribution in [0.4, 0.5) is 0 Å². The van der Waals surface area contributed by atoms with E-state index in [1.54, 1.807) is 0 Å². The second kappa shape index (κ2) is 6.85. The quantitative estimate of drug-likeness (QED) is 0.781. The summed E-state index contributed by atoms with van der Waals surface area (Å²) in [4.78, 5) is 16.8. The zero-order chi connectivity index (χ0) is 13.8. The van der Waals surface area contributed by atoms with Crippen LogP contribution in [-0.4, -0.2) is 54.3 Å². The van der Waals surface area contributed by atoms with Gasteiger partial charge in [0.15, 0.2) is 0 Å². The molecular formula is C16H30N2O. The predicted molar refractivity (Wildman–Crippen MR) is 79.3 cm³/mol. The van der Waals surface area contributed by atoms with Crippen molar-refractivity contribution in [3.05, 3.63) is 0 Å². The van der Waals surface area contributed by atoms with Crippen LogP contribution in [0.2, 0.25) is 0 Å². The topological polar surface area (TPSA) is 23.6 Å². The molecule has 2 fully saturated rings. The minimum atomic E-state index is 0.182. The molecule has 2 rings (SSSR count). The lowest BCUT2D eigenvalue weighted by molar-refractivity contribution is -0.123. The van der Waals surface area contributed by atoms with Crippen molar-refractivity contribution in [3.63, 3.8) is 0 Å². The molecule has 0 saturated carbocycles. The highest BCUT2D eigenvalue weighted by Gasteiger charge is 2.27. The third kappa shape index (κ3) is 4.28. The largest absolute Gasteiger partial charge is 0.300 e. The molecule has 19 heavy (non-hydrogen) atoms. The fraction of sp³-hybridized carbons (Fsp3) is 0.938. The zero-order valence-electron chi connectivity index (χ0n) is 12.9. The zero-order valence-corrected chi connectivity index (χ0v) is 12.9. The highest BCUT2D eigenvalue weighted by atomic mass is 16.1. The first kappa shape index (κ1) is 15.0. The normalized spacial score (nSPS) is 25.1. The number of hydrogen-bond donors (Lipinski definition) is 0. The molecule has 0 spiro atoms. The summed E-state index contributed by atoms with van der Waals surface area (Å²) in [5, 5.41) is 0. The average molecular weight is 266 g/mol. The average Bonchev–Trinajstić information content (AvgIpc) is 2.40. The molecule has 3 heteroatoms. The van der Waals surface area contributed by atoms with Gasteiger partial charge in [-0.05, 0) is 44.7 Å². The van der Waals surface area contributed by atoms with Gasteiger partial charge < -0.3 is 4.90 Å². The highest BCUT2D eigenvalue weighted by Crippen LogP contribution is 2.23. The van der Waals surface area contributed by atoms with Gasteiger partial charge in [-0.2, -0.15) is 0 Å². The molecule has 0 aromatic rings. The number of carbonyl (C=O) groups is 1. The first-order valence-electron chi connectivity index (χ1n) is 8.05. The maximum atomic E-state index is 11.8. The van der Waals surface area contributed by atoms with Crippen molar-refractivity contribution in [2.24, 2.45) is 11.8 Å². The van der Waals surface area contributed by atoms with Crippen molar-refractivity contribution in [2.75, 3.05) is 32.7 Å². The second-order valence-electron chi connectivity index (χ2n) is 6.85. The maximum absolute atomic E-state index is 11.8. The Morgan fingerprint density at radius 2 is 1.63 bits per heavy atom. The van der Waals surface area contributed by atoms with Crippen molar-refractivity contribution in [3.8, 4) is 0 Å². The molecule has 2 heterocycles. The Morgan fingerprint density at radius 3 is 2.16 bits per heavy atom. The number of carbonyl (C=O) groups excluding carboxylic acids is 1. The molecule has 0 radical (unpaired) electrons. The third-order valence-electron chi connectivity index (χ3n) is 4.92. The lowest BCUT2D eigenvalue weighted by Crippen LogP contribution is -2.48. The summed E-state index contributed by atoms with van der Waals surface area (Å²) in [6.07, 6.45) is 5.23. The number of rotatable bonds is 4. The number of hydrogen-bond acceptors (Lipinski definition) is 3. The smallest absolute Gasteiger partial charge is 0.149 e. The molecule has 0 unspecified atom stereocenters. The minimum Gasteiger partial charge on any atom is -0.300 e. The van der Waals surface area contributed by atoms with Crippen LogP contribution in [0.1, 0.15) is 46.5 Å². The van der Waals surface area contributed by atoms with E-state index in [4.69, 9.17) is 0 Å². The van der Waals surface area contributed by atoms with Gasteiger partial charge in [0.05, 0.1) is 6.54 Å². The van der Waals surface area contributed by atoms with Gasteiger partial charge >= 0.3 is 0 Å². The van der Waals surface area contributed by atoms with E-state index in [-0.39, 0.29) is 5.92 Å². The Bertz CT molecular complexity index is 287. The summed E-state index contributed by atoms with van der Waals surface area (Å²) >= 11 is 0. The van der Waals surface area contributed by atoms with E-state index in [9.17, 15) is 4.79 Å². The molecule has 0 bridgehead atoms. The van der Waals surface area contributed by atoms with E-state index in [1.807, 2.05) is 13.8 Å². The summed E-state index contributed by atoms with van der Waals surface area (Å²) in [5.41, 5.74) is 0. The fourth-order valence-electron chi connectivity index (χ4n) is 3.24. The molecule has 110 valence electrons. The van der Waals surface area contributed by atoms with E-state index in [0.717, 1.165) is 25.0 Å². The Kier molecular flexibility index (Phi) is 5.40. The molecule has 0 aliphatic carbocycles. The molecular weight excluding hydrogens is 236 g/mol. The SMILES string of the molecule is CC1CCN(C2CCN(CC(=O)C(C)C)CC2)CC1. The molecule has 3 nitrogen and oxygen atoms in total. The van der Waals surface area contributed by atoms with Gasteiger partial charge in [-0.15, -0.1) is 0 Å². The molecule has 0 atom stereocenters. The van der Waals surface area contributed by atoms with E-state index in [2.05, 4.69) is 16.7 Å². The molecule has 0 aromatic carbocycles. The molecule has 0 N–H and O–H groups in total. The number of Topliss-reactive ketones (excluding diaryl/α,β-unsaturated/α-hetero) is 1. The number of likely N-dealkylation sites (tertiary alicyclic amines) is 2. The summed E-state index contributed by atoms with van der Waals surface area (Å²) < 4.78 is 0. The van der Waals surface area contributed by atoms with Gasteiger partial charge in [-0.1, -0.05) is 20.8 Å². The number of ketones is 1. The summed E-state index contributed by atoms with van der Waals surface area (Å²) in [7, 11) is 0. The number of nitrogens with zero attached hydrogens (tertiary/aromatic N) is 2. The van der Waals surface area contributed by atoms with Crippen LogP contribution in [0.5, 0.6) is 0 Å². The lowest BCUT2D eigenvalue weighted by atomic mass is 9.94. The van der Waals surface area contributed by atoms with Crippen molar-refractivity contribution in [1.82, 2.24) is 9.80 Å². The Hall–Kier alpha value is -0.410. The van der Waals surface area contributed by atoms with Crippen molar-refractivity contribution in [1.29, 1.82) is 0 Å². The summed E-state index contributed by atoms with van der Waals surface area (Å²) in [5.74, 6) is 1.49. The van der Waals surface area contributed by atoms with Crippen molar-refractivity contribution in [2.45, 2.75) is 52.5 Å². The first-order valence-corrected chi connectivity index (χ1v) is 8.05. The monoisotopic (exact) mass is 266 g/mol. The molecule has 0 aromatic heterocycles. The maximum Gasteiger partial charge on any atom is 0.149 e. The fourth-order valence-corrected chi connectivity index (χ4v) is 3.24. The van der Waals surface area contributed by atoms with Crippen molar-refractivity contribution >= 4 is 5.78 Å². The van der Waals surface area contributed by atoms with Crippen LogP contribution >= 0.6 is 0 Å². The van der Waals surface area contributed by atoms with E-state index < -0.39 is 0 Å². The van der Waals surface area contributed by atoms with Gasteiger partial charge in [0.25, 0.3) is 0 Å². The van der Waals surface area contributed by atoms with E-state index in [1.165, 1.54) is 38.8 Å². The van der Waals surface area contributed by atoms with Gasteiger partial charge in [0.1, 0.15) is 5.78 Å². The van der Waals surface area contributed by atoms with E-state index >= 15 is 0 Å². The number of piperidine rings is 2. The van der Waals surface area contributed by atoms with Crippen LogP contribution in [0.15, 0.2) is 0 Å². The lowest BCUT2D eigenvalue weighted by Gasteiger charge is -2.41. The van der Waals surface area contributed by atoms with Crippen molar-refractivity contribution < 1.29 is 4.79 Å². The van der Waals surface area contributed by atoms with Gasteiger partial charge in [-0.3, -0.25) is 9.69 Å². The summed E-state index contributed by atoms with van der Waals surface area (Å²) in [6.45, 7) is 11.8. The van der Waals surface area contributed by atoms with Gasteiger partial charge in [0, 0.05) is 25.0 Å². The van der Waals surface area contributed by atoms with Crippen LogP contribution in [-0.2, 0) is 4.79 Å². The summed E-state index contributed by atoms with van der Waals surface area (Å²) in [6, 6.07) is 0.776. The molecule has 0 amide bonds. The first-order chi connectivity index (χ1) is 9.06. The minimum absolute atomic E-state index is 0.182. The highest BCUT2D eigenvalue weighted by molar-refractivity contribution is 5.82. The van der Waals surface area contributed by atoms with Gasteiger partial charge in [0.2, 0.25) is 0 Å². The molecule has 2 aliphatic heterocycles. The Balaban J connectivity index is 1.72. The van der Waals surface area contributed by atoms with Crippen LogP contribution in [0.25, 0.3) is 0 Å². The Labute approximate surface area is 118 Å². The predicted octanol–water partition coefficient (Wildman–Crippen LogP) is 2.41. The second-order valence-corrected chi connectivity index (χ2v) is 6.85.